The predicted octanol–water partition coefficient (Wildman–Crippen LogP) is 2.02. The molecule has 1 aliphatic heterocycles. The number of nitrogens with zero attached hydrogens (tertiary/aromatic N) is 5. The molecule has 0 radical (unpaired) electrons. The lowest BCUT2D eigenvalue weighted by Gasteiger charge is -2.21. The van der Waals surface area contributed by atoms with Gasteiger partial charge in [-0.1, -0.05) is 35.9 Å². The zero-order valence-corrected chi connectivity index (χ0v) is 18.7. The van der Waals surface area contributed by atoms with E-state index in [2.05, 4.69) is 20.5 Å². The third-order valence-electron chi connectivity index (χ3n) is 5.14. The Balaban J connectivity index is 1.42. The number of hydrogen-bond donors (Lipinski definition) is 3. The molecule has 0 fully saturated rings. The van der Waals surface area contributed by atoms with Gasteiger partial charge in [-0.05, 0) is 42.2 Å². The van der Waals surface area contributed by atoms with E-state index in [-0.39, 0.29) is 40.6 Å². The average molecular weight is 480 g/mol. The number of H-pyrrole nitrogens is 1. The fraction of sp³-hybridized carbons (Fsp3) is 0.136. The maximum Gasteiger partial charge on any atom is 0.315 e. The number of halogens is 1. The molecule has 2 aromatic heterocycles. The van der Waals surface area contributed by atoms with Crippen LogP contribution in [0.5, 0.6) is 5.75 Å². The summed E-state index contributed by atoms with van der Waals surface area (Å²) in [4.78, 5) is 34.4. The van der Waals surface area contributed by atoms with Gasteiger partial charge >= 0.3 is 5.78 Å². The molecule has 1 atom stereocenters. The summed E-state index contributed by atoms with van der Waals surface area (Å²) in [5.41, 5.74) is 10.2. The van der Waals surface area contributed by atoms with Crippen LogP contribution in [0.3, 0.4) is 0 Å². The Morgan fingerprint density at radius 1 is 1.21 bits per heavy atom. The van der Waals surface area contributed by atoms with Crippen LogP contribution in [0.1, 0.15) is 23.0 Å². The summed E-state index contributed by atoms with van der Waals surface area (Å²) in [5, 5.41) is 4.34. The van der Waals surface area contributed by atoms with Crippen molar-refractivity contribution in [2.75, 3.05) is 0 Å². The van der Waals surface area contributed by atoms with Crippen LogP contribution in [0.25, 0.3) is 17.2 Å². The maximum absolute atomic E-state index is 13.1. The first-order chi connectivity index (χ1) is 16.4. The lowest BCUT2D eigenvalue weighted by Crippen LogP contribution is -2.42. The Kier molecular flexibility index (Phi) is 5.48. The van der Waals surface area contributed by atoms with Crippen molar-refractivity contribution in [3.05, 3.63) is 87.8 Å². The summed E-state index contributed by atoms with van der Waals surface area (Å²) < 4.78 is 7.61. The number of aromatic amines is 1. The van der Waals surface area contributed by atoms with E-state index in [9.17, 15) is 9.70 Å². The molecule has 3 heterocycles. The molecule has 11 nitrogen and oxygen atoms in total. The second kappa shape index (κ2) is 8.61. The first kappa shape index (κ1) is 21.6. The minimum Gasteiger partial charge on any atom is -0.486 e. The SMILES string of the molecule is CC1C=C(N)N(C(=O)c2c(Cl)cccc2OCc2c[n+](=O)n3[nH]c(-c4ccccc4)nc3n2)N1. The Hall–Kier alpha value is -4.22. The first-order valence-corrected chi connectivity index (χ1v) is 10.7. The summed E-state index contributed by atoms with van der Waals surface area (Å²) in [7, 11) is 0. The summed E-state index contributed by atoms with van der Waals surface area (Å²) in [6.45, 7) is 1.77. The normalized spacial score (nSPS) is 15.5. The summed E-state index contributed by atoms with van der Waals surface area (Å²) in [6.07, 6.45) is 2.98. The van der Waals surface area contributed by atoms with Crippen LogP contribution in [0, 0.1) is 4.91 Å². The van der Waals surface area contributed by atoms with Crippen molar-refractivity contribution < 1.29 is 14.1 Å². The number of hydrazine groups is 1. The molecule has 2 aromatic carbocycles. The van der Waals surface area contributed by atoms with Crippen molar-refractivity contribution in [2.24, 2.45) is 5.73 Å². The number of aromatic nitrogens is 5. The number of carbonyl (C=O) groups is 1. The second-order valence-corrected chi connectivity index (χ2v) is 8.04. The van der Waals surface area contributed by atoms with E-state index >= 15 is 0 Å². The number of hydrogen-bond acceptors (Lipinski definition) is 7. The van der Waals surface area contributed by atoms with E-state index in [0.717, 1.165) is 5.56 Å². The molecule has 1 amide bonds. The molecule has 12 heteroatoms. The fourth-order valence-corrected chi connectivity index (χ4v) is 3.83. The molecule has 0 bridgehead atoms. The van der Waals surface area contributed by atoms with E-state index in [1.807, 2.05) is 37.3 Å². The smallest absolute Gasteiger partial charge is 0.315 e. The molecule has 5 rings (SSSR count). The van der Waals surface area contributed by atoms with Gasteiger partial charge in [-0.3, -0.25) is 4.79 Å². The van der Waals surface area contributed by atoms with Crippen molar-refractivity contribution in [1.82, 2.24) is 30.1 Å². The first-order valence-electron chi connectivity index (χ1n) is 10.4. The molecular weight excluding hydrogens is 460 g/mol. The van der Waals surface area contributed by atoms with Gasteiger partial charge < -0.3 is 10.5 Å². The molecular formula is C22H20ClN8O3+. The van der Waals surface area contributed by atoms with Crippen molar-refractivity contribution >= 4 is 23.3 Å². The summed E-state index contributed by atoms with van der Waals surface area (Å²) >= 11 is 6.33. The van der Waals surface area contributed by atoms with Gasteiger partial charge in [-0.2, -0.15) is 4.98 Å². The van der Waals surface area contributed by atoms with Crippen LogP contribution in [0.2, 0.25) is 5.02 Å². The molecule has 0 spiro atoms. The molecule has 4 N–H and O–H groups in total. The highest BCUT2D eigenvalue weighted by molar-refractivity contribution is 6.34. The Morgan fingerprint density at radius 2 is 2.00 bits per heavy atom. The number of amides is 1. The van der Waals surface area contributed by atoms with Crippen LogP contribution in [0.4, 0.5) is 0 Å². The summed E-state index contributed by atoms with van der Waals surface area (Å²) in [6, 6.07) is 14.1. The van der Waals surface area contributed by atoms with Gasteiger partial charge in [0, 0.05) is 16.2 Å². The van der Waals surface area contributed by atoms with Gasteiger partial charge in [0.1, 0.15) is 29.4 Å². The van der Waals surface area contributed by atoms with E-state index < -0.39 is 5.91 Å². The van der Waals surface area contributed by atoms with Gasteiger partial charge in [0.25, 0.3) is 5.91 Å². The lowest BCUT2D eigenvalue weighted by atomic mass is 10.2. The number of ether oxygens (including phenoxy) is 1. The topological polar surface area (TPSA) is 137 Å². The number of rotatable bonds is 5. The van der Waals surface area contributed by atoms with Crippen molar-refractivity contribution in [2.45, 2.75) is 19.6 Å². The van der Waals surface area contributed by atoms with Gasteiger partial charge in [-0.15, -0.1) is 5.10 Å². The molecule has 1 unspecified atom stereocenters. The minimum absolute atomic E-state index is 0.0952. The fourth-order valence-electron chi connectivity index (χ4n) is 3.59. The standard InChI is InChI=1S/C22H20ClN8O3/c1-13-10-18(24)30(27-13)21(32)19-16(23)8-5-9-17(19)34-12-15-11-29(33)31-22(25-15)26-20(28-31)14-6-3-2-4-7-14/h2-11,13,27H,12,24H2,1H3,(H,25,26,28)/q+1. The number of nitrogens with two attached hydrogens (primary N) is 1. The van der Waals surface area contributed by atoms with E-state index in [1.54, 1.807) is 24.3 Å². The highest BCUT2D eigenvalue weighted by atomic mass is 35.5. The zero-order valence-electron chi connectivity index (χ0n) is 18.0. The highest BCUT2D eigenvalue weighted by Gasteiger charge is 2.29. The van der Waals surface area contributed by atoms with Gasteiger partial charge in [0.05, 0.1) is 9.56 Å². The summed E-state index contributed by atoms with van der Waals surface area (Å²) in [5.74, 6) is 0.705. The van der Waals surface area contributed by atoms with Gasteiger partial charge in [0.2, 0.25) is 5.82 Å². The van der Waals surface area contributed by atoms with Crippen LogP contribution < -0.4 is 20.4 Å². The van der Waals surface area contributed by atoms with Crippen molar-refractivity contribution in [3.63, 3.8) is 0 Å². The van der Waals surface area contributed by atoms with E-state index in [1.165, 1.54) is 15.8 Å². The maximum atomic E-state index is 13.1. The number of nitrogens with one attached hydrogen (secondary N) is 2. The molecule has 172 valence electrons. The van der Waals surface area contributed by atoms with Crippen LogP contribution in [-0.2, 0) is 6.61 Å². The third kappa shape index (κ3) is 3.98. The Labute approximate surface area is 198 Å². The molecule has 0 saturated heterocycles. The van der Waals surface area contributed by atoms with Crippen LogP contribution >= 0.6 is 11.6 Å². The second-order valence-electron chi connectivity index (χ2n) is 7.64. The van der Waals surface area contributed by atoms with Crippen molar-refractivity contribution in [3.8, 4) is 17.1 Å². The van der Waals surface area contributed by atoms with Crippen LogP contribution in [0.15, 0.2) is 66.6 Å². The zero-order chi connectivity index (χ0) is 23.8. The highest BCUT2D eigenvalue weighted by Crippen LogP contribution is 2.29. The largest absolute Gasteiger partial charge is 0.486 e. The number of carbonyl (C=O) groups excluding carboxylic acids is 1. The van der Waals surface area contributed by atoms with E-state index in [0.29, 0.717) is 16.1 Å². The van der Waals surface area contributed by atoms with Crippen LogP contribution in [-0.4, -0.2) is 36.7 Å². The average Bonchev–Trinajstić information content (AvgIpc) is 3.41. The number of fused-ring (bicyclic) bond motifs is 1. The molecule has 4 aromatic rings. The lowest BCUT2D eigenvalue weighted by molar-refractivity contribution is -0.585. The Bertz CT molecular complexity index is 1480. The predicted molar refractivity (Wildman–Crippen MR) is 123 cm³/mol. The van der Waals surface area contributed by atoms with Gasteiger partial charge in [-0.25, -0.2) is 15.4 Å². The van der Waals surface area contributed by atoms with E-state index in [4.69, 9.17) is 22.1 Å². The Morgan fingerprint density at radius 3 is 2.74 bits per heavy atom. The monoisotopic (exact) mass is 479 g/mol. The molecule has 0 saturated carbocycles. The molecule has 1 aliphatic rings. The van der Waals surface area contributed by atoms with Gasteiger partial charge in [0.15, 0.2) is 6.20 Å². The molecule has 0 aliphatic carbocycles. The molecule has 34 heavy (non-hydrogen) atoms. The van der Waals surface area contributed by atoms with Crippen molar-refractivity contribution in [1.29, 1.82) is 0 Å². The third-order valence-corrected chi connectivity index (χ3v) is 5.46. The minimum atomic E-state index is -0.462. The quantitative estimate of drug-likeness (QED) is 0.372. The number of benzene rings is 2.